The average molecular weight is 422 g/mol. The lowest BCUT2D eigenvalue weighted by Gasteiger charge is -2.11. The molecule has 0 aliphatic carbocycles. The van der Waals surface area contributed by atoms with Gasteiger partial charge in [-0.2, -0.15) is 0 Å². The van der Waals surface area contributed by atoms with Gasteiger partial charge in [0.25, 0.3) is 5.91 Å². The Morgan fingerprint density at radius 2 is 1.96 bits per heavy atom. The zero-order chi connectivity index (χ0) is 18.4. The molecule has 25 heavy (non-hydrogen) atoms. The highest BCUT2D eigenvalue weighted by atomic mass is 79.9. The van der Waals surface area contributed by atoms with Gasteiger partial charge in [0, 0.05) is 16.8 Å². The van der Waals surface area contributed by atoms with Gasteiger partial charge < -0.3 is 15.8 Å². The number of carbonyl (C=O) groups is 2. The summed E-state index contributed by atoms with van der Waals surface area (Å²) in [5, 5.41) is 5.52. The van der Waals surface area contributed by atoms with E-state index in [1.165, 1.54) is 0 Å². The van der Waals surface area contributed by atoms with E-state index >= 15 is 0 Å². The van der Waals surface area contributed by atoms with Gasteiger partial charge in [-0.1, -0.05) is 6.07 Å². The first kappa shape index (κ1) is 18.9. The van der Waals surface area contributed by atoms with E-state index in [0.717, 1.165) is 0 Å². The number of hydrogen-bond acceptors (Lipinski definition) is 4. The minimum Gasteiger partial charge on any atom is -0.493 e. The number of ether oxygens (including phenoxy) is 1. The number of halogens is 1. The molecule has 130 valence electrons. The second-order valence-electron chi connectivity index (χ2n) is 4.93. The predicted molar refractivity (Wildman–Crippen MR) is 104 cm³/mol. The third-order valence-electron chi connectivity index (χ3n) is 3.13. The predicted octanol–water partition coefficient (Wildman–Crippen LogP) is 3.07. The number of hydrogen-bond donors (Lipinski definition) is 3. The fraction of sp³-hybridized carbons (Fsp3) is 0.118. The van der Waals surface area contributed by atoms with Gasteiger partial charge in [-0.3, -0.25) is 14.9 Å². The van der Waals surface area contributed by atoms with Crippen LogP contribution >= 0.6 is 28.1 Å². The summed E-state index contributed by atoms with van der Waals surface area (Å²) < 4.78 is 6.08. The second kappa shape index (κ2) is 8.59. The molecule has 2 amide bonds. The molecule has 2 aromatic rings. The second-order valence-corrected chi connectivity index (χ2v) is 6.19. The number of primary amides is 1. The summed E-state index contributed by atoms with van der Waals surface area (Å²) in [5.41, 5.74) is 6.55. The van der Waals surface area contributed by atoms with Crippen molar-refractivity contribution in [3.63, 3.8) is 0 Å². The van der Waals surface area contributed by atoms with E-state index in [1.54, 1.807) is 42.5 Å². The van der Waals surface area contributed by atoms with E-state index in [-0.39, 0.29) is 11.0 Å². The van der Waals surface area contributed by atoms with Crippen LogP contribution in [0.15, 0.2) is 46.9 Å². The fourth-order valence-corrected chi connectivity index (χ4v) is 2.71. The third-order valence-corrected chi connectivity index (χ3v) is 3.95. The minimum atomic E-state index is -0.544. The largest absolute Gasteiger partial charge is 0.493 e. The number of benzene rings is 2. The molecule has 2 aromatic carbocycles. The van der Waals surface area contributed by atoms with E-state index in [9.17, 15) is 9.59 Å². The van der Waals surface area contributed by atoms with E-state index in [2.05, 4.69) is 26.6 Å². The number of nitrogens with one attached hydrogen (secondary N) is 2. The van der Waals surface area contributed by atoms with E-state index < -0.39 is 5.91 Å². The van der Waals surface area contributed by atoms with Crippen LogP contribution in [0.4, 0.5) is 5.69 Å². The van der Waals surface area contributed by atoms with Gasteiger partial charge in [-0.05, 0) is 71.5 Å². The Morgan fingerprint density at radius 1 is 1.20 bits per heavy atom. The lowest BCUT2D eigenvalue weighted by molar-refractivity contribution is 0.0974. The molecule has 0 saturated carbocycles. The molecule has 0 saturated heterocycles. The van der Waals surface area contributed by atoms with Crippen molar-refractivity contribution in [3.05, 3.63) is 58.1 Å². The Morgan fingerprint density at radius 3 is 2.60 bits per heavy atom. The first-order valence-corrected chi connectivity index (χ1v) is 8.55. The summed E-state index contributed by atoms with van der Waals surface area (Å²) in [6, 6.07) is 11.5. The quantitative estimate of drug-likeness (QED) is 0.644. The molecule has 8 heteroatoms. The van der Waals surface area contributed by atoms with Crippen molar-refractivity contribution in [2.24, 2.45) is 5.73 Å². The summed E-state index contributed by atoms with van der Waals surface area (Å²) in [6.45, 7) is 2.41. The van der Waals surface area contributed by atoms with Gasteiger partial charge in [0.15, 0.2) is 5.11 Å². The number of amides is 2. The summed E-state index contributed by atoms with van der Waals surface area (Å²) in [4.78, 5) is 23.5. The molecule has 2 rings (SSSR count). The Labute approximate surface area is 158 Å². The molecule has 0 unspecified atom stereocenters. The maximum absolute atomic E-state index is 12.3. The zero-order valence-electron chi connectivity index (χ0n) is 13.3. The van der Waals surface area contributed by atoms with Crippen molar-refractivity contribution in [3.8, 4) is 5.75 Å². The van der Waals surface area contributed by atoms with E-state index in [0.29, 0.717) is 33.6 Å². The van der Waals surface area contributed by atoms with Gasteiger partial charge >= 0.3 is 0 Å². The van der Waals surface area contributed by atoms with Crippen LogP contribution in [0.3, 0.4) is 0 Å². The average Bonchev–Trinajstić information content (AvgIpc) is 2.56. The SMILES string of the molecule is CCOc1ccc(C(=O)NC(=S)Nc2cccc(C(N)=O)c2)cc1Br. The van der Waals surface area contributed by atoms with Crippen LogP contribution in [0, 0.1) is 0 Å². The highest BCUT2D eigenvalue weighted by Crippen LogP contribution is 2.26. The van der Waals surface area contributed by atoms with Gasteiger partial charge in [0.05, 0.1) is 11.1 Å². The number of thiocarbonyl (C=S) groups is 1. The van der Waals surface area contributed by atoms with Gasteiger partial charge in [0.2, 0.25) is 5.91 Å². The lowest BCUT2D eigenvalue weighted by Crippen LogP contribution is -2.34. The molecule has 0 radical (unpaired) electrons. The van der Waals surface area contributed by atoms with Crippen LogP contribution in [0.2, 0.25) is 0 Å². The molecular formula is C17H16BrN3O3S. The van der Waals surface area contributed by atoms with Crippen LogP contribution in [0.25, 0.3) is 0 Å². The Bertz CT molecular complexity index is 827. The van der Waals surface area contributed by atoms with Crippen molar-refractivity contribution in [2.75, 3.05) is 11.9 Å². The first-order valence-electron chi connectivity index (χ1n) is 7.35. The van der Waals surface area contributed by atoms with Gasteiger partial charge in [0.1, 0.15) is 5.75 Å². The minimum absolute atomic E-state index is 0.108. The van der Waals surface area contributed by atoms with Crippen LogP contribution in [0.1, 0.15) is 27.6 Å². The Hall–Kier alpha value is -2.45. The molecule has 0 bridgehead atoms. The van der Waals surface area contributed by atoms with Gasteiger partial charge in [-0.15, -0.1) is 0 Å². The highest BCUT2D eigenvalue weighted by molar-refractivity contribution is 9.10. The molecule has 4 N–H and O–H groups in total. The maximum atomic E-state index is 12.3. The Balaban J connectivity index is 2.03. The fourth-order valence-electron chi connectivity index (χ4n) is 2.00. The molecule has 0 aromatic heterocycles. The molecule has 6 nitrogen and oxygen atoms in total. The van der Waals surface area contributed by atoms with E-state index in [1.807, 2.05) is 6.92 Å². The molecule has 0 atom stereocenters. The summed E-state index contributed by atoms with van der Waals surface area (Å²) in [7, 11) is 0. The van der Waals surface area contributed by atoms with Gasteiger partial charge in [-0.25, -0.2) is 0 Å². The number of carbonyl (C=O) groups excluding carboxylic acids is 2. The summed E-state index contributed by atoms with van der Waals surface area (Å²) in [6.07, 6.45) is 0. The lowest BCUT2D eigenvalue weighted by atomic mass is 10.2. The molecule has 0 spiro atoms. The third kappa shape index (κ3) is 5.27. The molecule has 0 aliphatic heterocycles. The molecule has 0 fully saturated rings. The van der Waals surface area contributed by atoms with Crippen LogP contribution in [0.5, 0.6) is 5.75 Å². The number of nitrogens with two attached hydrogens (primary N) is 1. The van der Waals surface area contributed by atoms with E-state index in [4.69, 9.17) is 22.7 Å². The highest BCUT2D eigenvalue weighted by Gasteiger charge is 2.11. The summed E-state index contributed by atoms with van der Waals surface area (Å²) in [5.74, 6) is -0.256. The topological polar surface area (TPSA) is 93.4 Å². The smallest absolute Gasteiger partial charge is 0.257 e. The van der Waals surface area contributed by atoms with Crippen molar-refractivity contribution in [2.45, 2.75) is 6.92 Å². The monoisotopic (exact) mass is 421 g/mol. The van der Waals surface area contributed by atoms with Crippen molar-refractivity contribution < 1.29 is 14.3 Å². The normalized spacial score (nSPS) is 10.0. The standard InChI is InChI=1S/C17H16BrN3O3S/c1-2-24-14-7-6-11(9-13(14)18)16(23)21-17(25)20-12-5-3-4-10(8-12)15(19)22/h3-9H,2H2,1H3,(H2,19,22)(H2,20,21,23,25). The van der Waals surface area contributed by atoms with Crippen molar-refractivity contribution >= 4 is 50.8 Å². The number of anilines is 1. The zero-order valence-corrected chi connectivity index (χ0v) is 15.7. The maximum Gasteiger partial charge on any atom is 0.257 e. The molecular weight excluding hydrogens is 406 g/mol. The first-order chi connectivity index (χ1) is 11.9. The number of rotatable bonds is 5. The molecule has 0 aliphatic rings. The summed E-state index contributed by atoms with van der Waals surface area (Å²) >= 11 is 8.49. The Kier molecular flexibility index (Phi) is 6.49. The molecule has 0 heterocycles. The van der Waals surface area contributed by atoms with Crippen molar-refractivity contribution in [1.29, 1.82) is 0 Å². The van der Waals surface area contributed by atoms with Crippen LogP contribution in [-0.4, -0.2) is 23.5 Å². The van der Waals surface area contributed by atoms with Crippen LogP contribution in [-0.2, 0) is 0 Å². The van der Waals surface area contributed by atoms with Crippen molar-refractivity contribution in [1.82, 2.24) is 5.32 Å². The van der Waals surface area contributed by atoms with Crippen LogP contribution < -0.4 is 21.1 Å².